The zero-order chi connectivity index (χ0) is 24.3. The zero-order valence-electron chi connectivity index (χ0n) is 18.8. The van der Waals surface area contributed by atoms with Gasteiger partial charge in [0.05, 0.1) is 12.2 Å². The van der Waals surface area contributed by atoms with Crippen molar-refractivity contribution in [1.82, 2.24) is 0 Å². The Balaban J connectivity index is 1.81. The molecule has 2 aliphatic rings. The smallest absolute Gasteiger partial charge is 0.339 e. The number of nitrogens with one attached hydrogen (secondary N) is 2. The van der Waals surface area contributed by atoms with Crippen molar-refractivity contribution in [2.75, 3.05) is 25.6 Å². The highest BCUT2D eigenvalue weighted by Crippen LogP contribution is 2.52. The maximum Gasteiger partial charge on any atom is 0.339 e. The monoisotopic (exact) mass is 464 g/mol. The third-order valence-electron chi connectivity index (χ3n) is 5.85. The van der Waals surface area contributed by atoms with E-state index in [0.29, 0.717) is 11.3 Å². The largest absolute Gasteiger partial charge is 0.463 e. The van der Waals surface area contributed by atoms with E-state index >= 15 is 0 Å². The summed E-state index contributed by atoms with van der Waals surface area (Å²) in [6, 6.07) is 15.8. The Morgan fingerprint density at radius 1 is 1.06 bits per heavy atom. The molecular formula is C25H24N2O7. The predicted molar refractivity (Wildman–Crippen MR) is 121 cm³/mol. The molecule has 0 aliphatic carbocycles. The molecule has 0 saturated heterocycles. The number of rotatable bonds is 7. The van der Waals surface area contributed by atoms with Crippen LogP contribution in [0.15, 0.2) is 65.9 Å². The van der Waals surface area contributed by atoms with Crippen LogP contribution in [-0.4, -0.2) is 44.1 Å². The van der Waals surface area contributed by atoms with Gasteiger partial charge in [0, 0.05) is 12.8 Å². The summed E-state index contributed by atoms with van der Waals surface area (Å²) < 4.78 is 21.3. The Labute approximate surface area is 196 Å². The molecule has 0 radical (unpaired) electrons. The van der Waals surface area contributed by atoms with E-state index in [-0.39, 0.29) is 31.2 Å². The molecular weight excluding hydrogens is 440 g/mol. The fraction of sp³-hybridized carbons (Fsp3) is 0.280. The summed E-state index contributed by atoms with van der Waals surface area (Å²) in [5.74, 6) is -4.36. The minimum Gasteiger partial charge on any atom is -0.463 e. The summed E-state index contributed by atoms with van der Waals surface area (Å²) in [7, 11) is 1.45. The van der Waals surface area contributed by atoms with Gasteiger partial charge in [-0.25, -0.2) is 4.79 Å². The molecule has 2 aromatic carbocycles. The van der Waals surface area contributed by atoms with Crippen molar-refractivity contribution < 1.29 is 33.3 Å². The third kappa shape index (κ3) is 3.84. The Bertz CT molecular complexity index is 1170. The average molecular weight is 464 g/mol. The summed E-state index contributed by atoms with van der Waals surface area (Å²) in [6.07, 6.45) is 0. The number of hydrogen-bond acceptors (Lipinski definition) is 8. The lowest BCUT2D eigenvalue weighted by atomic mass is 9.64. The van der Waals surface area contributed by atoms with E-state index in [1.54, 1.807) is 36.4 Å². The van der Waals surface area contributed by atoms with Crippen LogP contribution in [0.1, 0.15) is 18.1 Å². The highest BCUT2D eigenvalue weighted by molar-refractivity contribution is 6.21. The topological polar surface area (TPSA) is 124 Å². The van der Waals surface area contributed by atoms with Crippen LogP contribution in [-0.2, 0) is 45.4 Å². The van der Waals surface area contributed by atoms with Gasteiger partial charge in [0.1, 0.15) is 24.4 Å². The number of carbonyl (C=O) groups excluding carboxylic acids is 3. The summed E-state index contributed by atoms with van der Waals surface area (Å²) in [5, 5.41) is 11.2. The van der Waals surface area contributed by atoms with Gasteiger partial charge >= 0.3 is 11.9 Å². The van der Waals surface area contributed by atoms with Crippen LogP contribution in [0.5, 0.6) is 0 Å². The van der Waals surface area contributed by atoms with Gasteiger partial charge in [-0.1, -0.05) is 48.5 Å². The van der Waals surface area contributed by atoms with Crippen molar-refractivity contribution in [1.29, 1.82) is 5.41 Å². The molecule has 0 fully saturated rings. The standard InChI is InChI=1S/C25H24N2O7/c1-15-19(22(28)33-14-16-8-4-3-5-9-16)25(17-10-6-7-11-18(17)27-24(25)30)20(21(26)34-15)23(29)32-13-12-31-2/h3-11,20,26H,12-14H2,1-2H3,(H,27,30). The molecule has 1 amide bonds. The van der Waals surface area contributed by atoms with Crippen LogP contribution in [0.2, 0.25) is 0 Å². The average Bonchev–Trinajstić information content (AvgIpc) is 3.10. The third-order valence-corrected chi connectivity index (χ3v) is 5.85. The molecule has 0 saturated carbocycles. The van der Waals surface area contributed by atoms with Crippen molar-refractivity contribution in [3.05, 3.63) is 77.1 Å². The normalized spacial score (nSPS) is 21.1. The SMILES string of the molecule is COCCOC(=O)C1C(=N)OC(C)=C(C(=O)OCc2ccccc2)C12C(=O)Nc1ccccc12. The quantitative estimate of drug-likeness (QED) is 0.477. The molecule has 0 bridgehead atoms. The number of fused-ring (bicyclic) bond motifs is 2. The molecule has 2 atom stereocenters. The molecule has 2 heterocycles. The molecule has 4 rings (SSSR count). The van der Waals surface area contributed by atoms with Crippen molar-refractivity contribution in [3.8, 4) is 0 Å². The zero-order valence-corrected chi connectivity index (χ0v) is 18.8. The summed E-state index contributed by atoms with van der Waals surface area (Å²) in [5.41, 5.74) is -0.477. The maximum atomic E-state index is 13.6. The van der Waals surface area contributed by atoms with Crippen LogP contribution >= 0.6 is 0 Å². The highest BCUT2D eigenvalue weighted by atomic mass is 16.6. The molecule has 34 heavy (non-hydrogen) atoms. The van der Waals surface area contributed by atoms with Gasteiger partial charge in [-0.3, -0.25) is 15.0 Å². The van der Waals surface area contributed by atoms with Crippen molar-refractivity contribution >= 4 is 29.4 Å². The maximum absolute atomic E-state index is 13.6. The van der Waals surface area contributed by atoms with Gasteiger partial charge in [-0.15, -0.1) is 0 Å². The number of hydrogen-bond donors (Lipinski definition) is 2. The van der Waals surface area contributed by atoms with Crippen molar-refractivity contribution in [3.63, 3.8) is 0 Å². The lowest BCUT2D eigenvalue weighted by molar-refractivity contribution is -0.153. The minimum atomic E-state index is -1.88. The second kappa shape index (κ2) is 9.48. The van der Waals surface area contributed by atoms with E-state index in [4.69, 9.17) is 24.4 Å². The van der Waals surface area contributed by atoms with Gasteiger partial charge in [-0.05, 0) is 24.1 Å². The van der Waals surface area contributed by atoms with Crippen LogP contribution in [0.25, 0.3) is 0 Å². The molecule has 1 spiro atoms. The summed E-state index contributed by atoms with van der Waals surface area (Å²) >= 11 is 0. The van der Waals surface area contributed by atoms with Crippen LogP contribution in [0.4, 0.5) is 5.69 Å². The number of para-hydroxylation sites is 1. The van der Waals surface area contributed by atoms with E-state index in [1.165, 1.54) is 14.0 Å². The second-order valence-corrected chi connectivity index (χ2v) is 7.86. The fourth-order valence-electron chi connectivity index (χ4n) is 4.40. The van der Waals surface area contributed by atoms with Crippen LogP contribution in [0.3, 0.4) is 0 Å². The van der Waals surface area contributed by atoms with Crippen LogP contribution < -0.4 is 5.32 Å². The predicted octanol–water partition coefficient (Wildman–Crippen LogP) is 2.71. The molecule has 2 aliphatic heterocycles. The van der Waals surface area contributed by atoms with Crippen molar-refractivity contribution in [2.24, 2.45) is 5.92 Å². The first-order valence-corrected chi connectivity index (χ1v) is 10.7. The Morgan fingerprint density at radius 3 is 2.50 bits per heavy atom. The van der Waals surface area contributed by atoms with E-state index in [9.17, 15) is 14.4 Å². The number of methoxy groups -OCH3 is 1. The Kier molecular flexibility index (Phi) is 6.47. The Morgan fingerprint density at radius 2 is 1.76 bits per heavy atom. The molecule has 9 heteroatoms. The number of carbonyl (C=O) groups is 3. The molecule has 2 unspecified atom stereocenters. The number of esters is 2. The van der Waals surface area contributed by atoms with Gasteiger partial charge in [0.25, 0.3) is 0 Å². The molecule has 176 valence electrons. The lowest BCUT2D eigenvalue weighted by Crippen LogP contribution is -2.56. The second-order valence-electron chi connectivity index (χ2n) is 7.86. The van der Waals surface area contributed by atoms with E-state index in [0.717, 1.165) is 5.56 Å². The first kappa shape index (κ1) is 23.2. The molecule has 0 aromatic heterocycles. The van der Waals surface area contributed by atoms with Crippen LogP contribution in [0, 0.1) is 11.3 Å². The number of allylic oxidation sites excluding steroid dienone is 1. The molecule has 9 nitrogen and oxygen atoms in total. The number of amides is 1. The lowest BCUT2D eigenvalue weighted by Gasteiger charge is -2.39. The number of anilines is 1. The van der Waals surface area contributed by atoms with E-state index < -0.39 is 35.1 Å². The van der Waals surface area contributed by atoms with Gasteiger partial charge in [0.2, 0.25) is 11.8 Å². The fourth-order valence-corrected chi connectivity index (χ4v) is 4.40. The Hall–Kier alpha value is -3.98. The summed E-state index contributed by atoms with van der Waals surface area (Å²) in [4.78, 5) is 40.2. The molecule has 2 N–H and O–H groups in total. The first-order valence-electron chi connectivity index (χ1n) is 10.7. The summed E-state index contributed by atoms with van der Waals surface area (Å²) in [6.45, 7) is 1.46. The highest BCUT2D eigenvalue weighted by Gasteiger charge is 2.65. The van der Waals surface area contributed by atoms with Gasteiger partial charge in [0.15, 0.2) is 5.92 Å². The van der Waals surface area contributed by atoms with E-state index in [2.05, 4.69) is 5.32 Å². The van der Waals surface area contributed by atoms with E-state index in [1.807, 2.05) is 18.2 Å². The van der Waals surface area contributed by atoms with Gasteiger partial charge in [-0.2, -0.15) is 0 Å². The van der Waals surface area contributed by atoms with Gasteiger partial charge < -0.3 is 24.3 Å². The number of ether oxygens (including phenoxy) is 4. The van der Waals surface area contributed by atoms with Crippen molar-refractivity contribution in [2.45, 2.75) is 18.9 Å². The first-order chi connectivity index (χ1) is 16.4. The molecule has 2 aromatic rings. The minimum absolute atomic E-state index is 0.0101. The number of benzene rings is 2.